The molecule has 0 aromatic heterocycles. The van der Waals surface area contributed by atoms with Gasteiger partial charge in [0.25, 0.3) is 5.69 Å². The van der Waals surface area contributed by atoms with Gasteiger partial charge in [0.1, 0.15) is 5.69 Å². The zero-order valence-electron chi connectivity index (χ0n) is 11.7. The molecule has 2 aromatic rings. The molecule has 0 saturated heterocycles. The van der Waals surface area contributed by atoms with Crippen LogP contribution in [0.15, 0.2) is 48.5 Å². The molecule has 0 saturated carbocycles. The maximum Gasteiger partial charge on any atom is 0.292 e. The molecule has 0 aliphatic carbocycles. The van der Waals surface area contributed by atoms with Crippen LogP contribution in [0.25, 0.3) is 0 Å². The molecule has 4 nitrogen and oxygen atoms in total. The Labute approximate surface area is 118 Å². The third kappa shape index (κ3) is 3.35. The Bertz CT molecular complexity index is 597. The summed E-state index contributed by atoms with van der Waals surface area (Å²) in [5.74, 6) is 0. The molecule has 0 fully saturated rings. The van der Waals surface area contributed by atoms with Gasteiger partial charge in [-0.3, -0.25) is 10.1 Å². The van der Waals surface area contributed by atoms with Crippen LogP contribution in [0.2, 0.25) is 0 Å². The van der Waals surface area contributed by atoms with Crippen molar-refractivity contribution in [2.24, 2.45) is 0 Å². The van der Waals surface area contributed by atoms with Crippen molar-refractivity contribution in [3.05, 3.63) is 69.8 Å². The molecule has 0 radical (unpaired) electrons. The van der Waals surface area contributed by atoms with Crippen LogP contribution in [0, 0.1) is 17.0 Å². The van der Waals surface area contributed by atoms with Crippen molar-refractivity contribution in [2.75, 3.05) is 5.32 Å². The summed E-state index contributed by atoms with van der Waals surface area (Å²) >= 11 is 0. The van der Waals surface area contributed by atoms with Gasteiger partial charge in [-0.1, -0.05) is 42.5 Å². The number of para-hydroxylation sites is 1. The van der Waals surface area contributed by atoms with Crippen LogP contribution in [-0.4, -0.2) is 11.0 Å². The minimum atomic E-state index is -0.343. The number of nitro benzene ring substituents is 1. The Hall–Kier alpha value is -2.36. The fourth-order valence-corrected chi connectivity index (χ4v) is 2.26. The number of rotatable bonds is 5. The minimum absolute atomic E-state index is 0.122. The lowest BCUT2D eigenvalue weighted by molar-refractivity contribution is -0.384. The first-order valence-corrected chi connectivity index (χ1v) is 6.62. The molecule has 0 amide bonds. The molecular weight excluding hydrogens is 252 g/mol. The molecule has 1 atom stereocenters. The topological polar surface area (TPSA) is 55.2 Å². The standard InChI is InChI=1S/C16H18N2O2/c1-12-7-6-10-15(18(19)20)16(12)17-13(2)11-14-8-4-3-5-9-14/h3-10,13,17H,11H2,1-2H3. The van der Waals surface area contributed by atoms with E-state index in [9.17, 15) is 10.1 Å². The van der Waals surface area contributed by atoms with E-state index in [-0.39, 0.29) is 16.7 Å². The van der Waals surface area contributed by atoms with Crippen molar-refractivity contribution in [3.8, 4) is 0 Å². The maximum atomic E-state index is 11.1. The summed E-state index contributed by atoms with van der Waals surface area (Å²) in [5, 5.41) is 14.3. The molecule has 0 spiro atoms. The normalized spacial score (nSPS) is 11.9. The zero-order valence-corrected chi connectivity index (χ0v) is 11.7. The molecule has 0 aliphatic rings. The average Bonchev–Trinajstić information content (AvgIpc) is 2.42. The van der Waals surface area contributed by atoms with Crippen LogP contribution in [0.3, 0.4) is 0 Å². The summed E-state index contributed by atoms with van der Waals surface area (Å²) in [7, 11) is 0. The third-order valence-corrected chi connectivity index (χ3v) is 3.22. The van der Waals surface area contributed by atoms with Gasteiger partial charge < -0.3 is 5.32 Å². The van der Waals surface area contributed by atoms with Crippen LogP contribution >= 0.6 is 0 Å². The van der Waals surface area contributed by atoms with Crippen molar-refractivity contribution in [2.45, 2.75) is 26.3 Å². The van der Waals surface area contributed by atoms with E-state index in [1.165, 1.54) is 11.6 Å². The number of benzene rings is 2. The number of aryl methyl sites for hydroxylation is 1. The Morgan fingerprint density at radius 3 is 2.50 bits per heavy atom. The predicted molar refractivity (Wildman–Crippen MR) is 81.1 cm³/mol. The second kappa shape index (κ2) is 6.19. The van der Waals surface area contributed by atoms with Gasteiger partial charge in [-0.2, -0.15) is 0 Å². The van der Waals surface area contributed by atoms with Crippen molar-refractivity contribution >= 4 is 11.4 Å². The summed E-state index contributed by atoms with van der Waals surface area (Å²) in [6, 6.07) is 15.3. The molecule has 1 unspecified atom stereocenters. The van der Waals surface area contributed by atoms with Gasteiger partial charge in [0.05, 0.1) is 4.92 Å². The van der Waals surface area contributed by atoms with E-state index in [2.05, 4.69) is 17.4 Å². The Balaban J connectivity index is 2.15. The van der Waals surface area contributed by atoms with Crippen molar-refractivity contribution in [1.82, 2.24) is 0 Å². The number of anilines is 1. The smallest absolute Gasteiger partial charge is 0.292 e. The Morgan fingerprint density at radius 1 is 1.15 bits per heavy atom. The summed E-state index contributed by atoms with van der Waals surface area (Å²) < 4.78 is 0. The largest absolute Gasteiger partial charge is 0.376 e. The SMILES string of the molecule is Cc1cccc([N+](=O)[O-])c1NC(C)Cc1ccccc1. The maximum absolute atomic E-state index is 11.1. The highest BCUT2D eigenvalue weighted by Gasteiger charge is 2.17. The molecule has 0 bridgehead atoms. The number of hydrogen-bond donors (Lipinski definition) is 1. The number of nitrogens with one attached hydrogen (secondary N) is 1. The monoisotopic (exact) mass is 270 g/mol. The van der Waals surface area contributed by atoms with E-state index in [1.807, 2.05) is 38.1 Å². The first kappa shape index (κ1) is 14.1. The minimum Gasteiger partial charge on any atom is -0.376 e. The van der Waals surface area contributed by atoms with Gasteiger partial charge in [0.15, 0.2) is 0 Å². The Kier molecular flexibility index (Phi) is 4.35. The van der Waals surface area contributed by atoms with E-state index in [4.69, 9.17) is 0 Å². The first-order valence-electron chi connectivity index (χ1n) is 6.62. The highest BCUT2D eigenvalue weighted by atomic mass is 16.6. The summed E-state index contributed by atoms with van der Waals surface area (Å²) in [6.07, 6.45) is 0.826. The Morgan fingerprint density at radius 2 is 1.85 bits per heavy atom. The summed E-state index contributed by atoms with van der Waals surface area (Å²) in [5.41, 5.74) is 2.84. The van der Waals surface area contributed by atoms with Crippen molar-refractivity contribution in [1.29, 1.82) is 0 Å². The third-order valence-electron chi connectivity index (χ3n) is 3.22. The molecule has 2 rings (SSSR count). The lowest BCUT2D eigenvalue weighted by Gasteiger charge is -2.17. The summed E-state index contributed by atoms with van der Waals surface area (Å²) in [4.78, 5) is 10.7. The summed E-state index contributed by atoms with van der Waals surface area (Å²) in [6.45, 7) is 3.91. The van der Waals surface area contributed by atoms with Crippen LogP contribution in [0.1, 0.15) is 18.1 Å². The van der Waals surface area contributed by atoms with Crippen LogP contribution in [-0.2, 0) is 6.42 Å². The van der Waals surface area contributed by atoms with Crippen molar-refractivity contribution < 1.29 is 4.92 Å². The molecule has 4 heteroatoms. The molecule has 0 heterocycles. The van der Waals surface area contributed by atoms with Crippen LogP contribution in [0.4, 0.5) is 11.4 Å². The molecule has 104 valence electrons. The number of nitro groups is 1. The molecule has 2 aromatic carbocycles. The molecule has 1 N–H and O–H groups in total. The highest BCUT2D eigenvalue weighted by molar-refractivity contribution is 5.66. The van der Waals surface area contributed by atoms with Gasteiger partial charge in [0, 0.05) is 12.1 Å². The average molecular weight is 270 g/mol. The van der Waals surface area contributed by atoms with Gasteiger partial charge >= 0.3 is 0 Å². The second-order valence-corrected chi connectivity index (χ2v) is 4.96. The fraction of sp³-hybridized carbons (Fsp3) is 0.250. The van der Waals surface area contributed by atoms with E-state index in [0.717, 1.165) is 12.0 Å². The van der Waals surface area contributed by atoms with Gasteiger partial charge in [-0.05, 0) is 31.4 Å². The van der Waals surface area contributed by atoms with Crippen LogP contribution < -0.4 is 5.32 Å². The highest BCUT2D eigenvalue weighted by Crippen LogP contribution is 2.28. The quantitative estimate of drug-likeness (QED) is 0.661. The lowest BCUT2D eigenvalue weighted by Crippen LogP contribution is -2.19. The number of hydrogen-bond acceptors (Lipinski definition) is 3. The van der Waals surface area contributed by atoms with E-state index in [0.29, 0.717) is 5.69 Å². The number of nitrogens with zero attached hydrogens (tertiary/aromatic N) is 1. The fourth-order valence-electron chi connectivity index (χ4n) is 2.26. The van der Waals surface area contributed by atoms with E-state index < -0.39 is 0 Å². The zero-order chi connectivity index (χ0) is 14.5. The van der Waals surface area contributed by atoms with Gasteiger partial charge in [-0.25, -0.2) is 0 Å². The first-order chi connectivity index (χ1) is 9.58. The van der Waals surface area contributed by atoms with Crippen molar-refractivity contribution in [3.63, 3.8) is 0 Å². The van der Waals surface area contributed by atoms with E-state index >= 15 is 0 Å². The second-order valence-electron chi connectivity index (χ2n) is 4.96. The lowest BCUT2D eigenvalue weighted by atomic mass is 10.1. The molecular formula is C16H18N2O2. The van der Waals surface area contributed by atoms with Gasteiger partial charge in [-0.15, -0.1) is 0 Å². The molecule has 0 aliphatic heterocycles. The van der Waals surface area contributed by atoms with Gasteiger partial charge in [0.2, 0.25) is 0 Å². The predicted octanol–water partition coefficient (Wildman–Crippen LogP) is 3.95. The van der Waals surface area contributed by atoms with Crippen LogP contribution in [0.5, 0.6) is 0 Å². The molecule has 20 heavy (non-hydrogen) atoms. The van der Waals surface area contributed by atoms with E-state index in [1.54, 1.807) is 6.07 Å².